The summed E-state index contributed by atoms with van der Waals surface area (Å²) >= 11 is 0. The van der Waals surface area contributed by atoms with Gasteiger partial charge in [-0.05, 0) is 25.7 Å². The molecule has 0 aliphatic rings. The van der Waals surface area contributed by atoms with Gasteiger partial charge in [0, 0.05) is 12.8 Å². The Morgan fingerprint density at radius 2 is 1.36 bits per heavy atom. The molecule has 0 fully saturated rings. The van der Waals surface area contributed by atoms with Crippen molar-refractivity contribution >= 4 is 11.9 Å². The van der Waals surface area contributed by atoms with Crippen molar-refractivity contribution in [2.75, 3.05) is 0 Å². The van der Waals surface area contributed by atoms with Gasteiger partial charge in [0.05, 0.1) is 0 Å². The van der Waals surface area contributed by atoms with Crippen LogP contribution in [-0.4, -0.2) is 22.2 Å². The molecule has 0 amide bonds. The largest absolute Gasteiger partial charge is 0.481 e. The molecule has 0 heterocycles. The molecule has 4 heteroatoms. The number of unbranched alkanes of at least 4 members (excludes halogenated alkanes) is 1. The second-order valence-corrected chi connectivity index (χ2v) is 3.24. The van der Waals surface area contributed by atoms with E-state index in [0.29, 0.717) is 12.8 Å². The molecule has 0 aromatic rings. The van der Waals surface area contributed by atoms with E-state index >= 15 is 0 Å². The Kier molecular flexibility index (Phi) is 6.45. The van der Waals surface area contributed by atoms with E-state index in [0.717, 1.165) is 18.4 Å². The maximum atomic E-state index is 10.2. The zero-order valence-electron chi connectivity index (χ0n) is 8.16. The molecule has 0 rings (SSSR count). The molecule has 0 unspecified atom stereocenters. The monoisotopic (exact) mass is 200 g/mol. The number of carboxylic acid groups (broad SMARTS) is 2. The molecule has 14 heavy (non-hydrogen) atoms. The summed E-state index contributed by atoms with van der Waals surface area (Å²) in [6.45, 7) is 3.73. The van der Waals surface area contributed by atoms with E-state index in [1.54, 1.807) is 0 Å². The van der Waals surface area contributed by atoms with Gasteiger partial charge in [0.25, 0.3) is 0 Å². The van der Waals surface area contributed by atoms with Gasteiger partial charge in [0.1, 0.15) is 0 Å². The summed E-state index contributed by atoms with van der Waals surface area (Å²) in [4.78, 5) is 20.4. The second-order valence-electron chi connectivity index (χ2n) is 3.24. The molecule has 0 radical (unpaired) electrons. The third-order valence-electron chi connectivity index (χ3n) is 1.86. The van der Waals surface area contributed by atoms with Gasteiger partial charge in [-0.25, -0.2) is 0 Å². The molecular weight excluding hydrogens is 184 g/mol. The van der Waals surface area contributed by atoms with Crippen molar-refractivity contribution in [2.45, 2.75) is 38.5 Å². The fraction of sp³-hybridized carbons (Fsp3) is 0.600. The van der Waals surface area contributed by atoms with E-state index in [1.807, 2.05) is 0 Å². The number of rotatable bonds is 8. The number of aliphatic carboxylic acids is 2. The summed E-state index contributed by atoms with van der Waals surface area (Å²) in [5.41, 5.74) is 0.887. The van der Waals surface area contributed by atoms with Gasteiger partial charge in [-0.15, -0.1) is 0 Å². The Balaban J connectivity index is 3.36. The number of carboxylic acids is 2. The first-order valence-electron chi connectivity index (χ1n) is 4.62. The maximum Gasteiger partial charge on any atom is 0.303 e. The summed E-state index contributed by atoms with van der Waals surface area (Å²) < 4.78 is 0. The van der Waals surface area contributed by atoms with Gasteiger partial charge >= 0.3 is 11.9 Å². The average Bonchev–Trinajstić information content (AvgIpc) is 2.08. The quantitative estimate of drug-likeness (QED) is 0.464. The zero-order chi connectivity index (χ0) is 11.0. The van der Waals surface area contributed by atoms with E-state index in [1.165, 1.54) is 0 Å². The molecule has 4 nitrogen and oxygen atoms in total. The van der Waals surface area contributed by atoms with Gasteiger partial charge in [-0.2, -0.15) is 0 Å². The first-order valence-corrected chi connectivity index (χ1v) is 4.62. The molecule has 0 spiro atoms. The summed E-state index contributed by atoms with van der Waals surface area (Å²) in [6.07, 6.45) is 2.89. The van der Waals surface area contributed by atoms with Crippen molar-refractivity contribution in [3.63, 3.8) is 0 Å². The van der Waals surface area contributed by atoms with E-state index in [4.69, 9.17) is 10.2 Å². The van der Waals surface area contributed by atoms with Crippen LogP contribution in [0.3, 0.4) is 0 Å². The molecular formula is C10H16O4. The van der Waals surface area contributed by atoms with Crippen LogP contribution in [0, 0.1) is 0 Å². The summed E-state index contributed by atoms with van der Waals surface area (Å²) in [5.74, 6) is -1.61. The lowest BCUT2D eigenvalue weighted by Gasteiger charge is -2.02. The van der Waals surface area contributed by atoms with E-state index in [-0.39, 0.29) is 12.8 Å². The Labute approximate surface area is 83.2 Å². The van der Waals surface area contributed by atoms with Gasteiger partial charge < -0.3 is 10.2 Å². The summed E-state index contributed by atoms with van der Waals surface area (Å²) in [7, 11) is 0. The van der Waals surface area contributed by atoms with Gasteiger partial charge in [0.2, 0.25) is 0 Å². The summed E-state index contributed by atoms with van der Waals surface area (Å²) in [6, 6.07) is 0. The highest BCUT2D eigenvalue weighted by Crippen LogP contribution is 2.12. The number of hydrogen-bond donors (Lipinski definition) is 2. The predicted octanol–water partition coefficient (Wildman–Crippen LogP) is 2.05. The molecule has 0 aliphatic heterocycles. The molecule has 0 saturated heterocycles. The van der Waals surface area contributed by atoms with Gasteiger partial charge in [-0.1, -0.05) is 12.2 Å². The van der Waals surface area contributed by atoms with E-state index in [9.17, 15) is 9.59 Å². The van der Waals surface area contributed by atoms with Crippen molar-refractivity contribution in [3.8, 4) is 0 Å². The highest BCUT2D eigenvalue weighted by molar-refractivity contribution is 5.67. The Bertz CT molecular complexity index is 220. The van der Waals surface area contributed by atoms with Crippen molar-refractivity contribution < 1.29 is 19.8 Å². The van der Waals surface area contributed by atoms with E-state index < -0.39 is 11.9 Å². The highest BCUT2D eigenvalue weighted by atomic mass is 16.4. The van der Waals surface area contributed by atoms with Crippen molar-refractivity contribution in [2.24, 2.45) is 0 Å². The normalized spacial score (nSPS) is 9.71. The molecule has 0 atom stereocenters. The minimum Gasteiger partial charge on any atom is -0.481 e. The van der Waals surface area contributed by atoms with Crippen LogP contribution in [-0.2, 0) is 9.59 Å². The SMILES string of the molecule is C=C(CCCCC(=O)O)CCC(=O)O. The maximum absolute atomic E-state index is 10.2. The Morgan fingerprint density at radius 3 is 1.86 bits per heavy atom. The first kappa shape index (κ1) is 12.7. The molecule has 80 valence electrons. The lowest BCUT2D eigenvalue weighted by Crippen LogP contribution is -1.96. The number of carbonyl (C=O) groups is 2. The van der Waals surface area contributed by atoms with Crippen LogP contribution in [0.2, 0.25) is 0 Å². The minimum atomic E-state index is -0.823. The smallest absolute Gasteiger partial charge is 0.303 e. The predicted molar refractivity (Wildman–Crippen MR) is 52.1 cm³/mol. The standard InChI is InChI=1S/C10H16O4/c1-8(6-7-10(13)14)4-2-3-5-9(11)12/h1-7H2,(H,11,12)(H,13,14). The van der Waals surface area contributed by atoms with Crippen LogP contribution in [0.25, 0.3) is 0 Å². The van der Waals surface area contributed by atoms with Crippen molar-refractivity contribution in [1.29, 1.82) is 0 Å². The van der Waals surface area contributed by atoms with Crippen molar-refractivity contribution in [1.82, 2.24) is 0 Å². The van der Waals surface area contributed by atoms with Gasteiger partial charge in [0.15, 0.2) is 0 Å². The Hall–Kier alpha value is -1.32. The lowest BCUT2D eigenvalue weighted by molar-refractivity contribution is -0.138. The number of hydrogen-bond acceptors (Lipinski definition) is 2. The van der Waals surface area contributed by atoms with Crippen LogP contribution in [0.15, 0.2) is 12.2 Å². The first-order chi connectivity index (χ1) is 6.52. The Morgan fingerprint density at radius 1 is 0.857 bits per heavy atom. The minimum absolute atomic E-state index is 0.109. The fourth-order valence-electron chi connectivity index (χ4n) is 1.06. The third-order valence-corrected chi connectivity index (χ3v) is 1.86. The fourth-order valence-corrected chi connectivity index (χ4v) is 1.06. The zero-order valence-corrected chi connectivity index (χ0v) is 8.16. The average molecular weight is 200 g/mol. The lowest BCUT2D eigenvalue weighted by atomic mass is 10.0. The molecule has 0 aliphatic carbocycles. The van der Waals surface area contributed by atoms with Gasteiger partial charge in [-0.3, -0.25) is 9.59 Å². The van der Waals surface area contributed by atoms with Crippen LogP contribution in [0.1, 0.15) is 38.5 Å². The second kappa shape index (κ2) is 7.12. The van der Waals surface area contributed by atoms with Crippen LogP contribution >= 0.6 is 0 Å². The molecule has 2 N–H and O–H groups in total. The topological polar surface area (TPSA) is 74.6 Å². The number of allylic oxidation sites excluding steroid dienone is 1. The molecule has 0 aromatic carbocycles. The summed E-state index contributed by atoms with van der Waals surface area (Å²) in [5, 5.41) is 16.7. The molecule has 0 saturated carbocycles. The van der Waals surface area contributed by atoms with Crippen LogP contribution in [0.5, 0.6) is 0 Å². The third kappa shape index (κ3) is 8.77. The highest BCUT2D eigenvalue weighted by Gasteiger charge is 2.01. The van der Waals surface area contributed by atoms with Crippen LogP contribution < -0.4 is 0 Å². The van der Waals surface area contributed by atoms with Crippen LogP contribution in [0.4, 0.5) is 0 Å². The van der Waals surface area contributed by atoms with E-state index in [2.05, 4.69) is 6.58 Å². The molecule has 0 aromatic heterocycles. The van der Waals surface area contributed by atoms with Crippen molar-refractivity contribution in [3.05, 3.63) is 12.2 Å². The molecule has 0 bridgehead atoms.